The molecule has 0 amide bonds. The summed E-state index contributed by atoms with van der Waals surface area (Å²) in [5, 5.41) is 16.3. The lowest BCUT2D eigenvalue weighted by molar-refractivity contribution is 0.632. The van der Waals surface area contributed by atoms with Crippen molar-refractivity contribution in [2.75, 3.05) is 0 Å². The van der Waals surface area contributed by atoms with E-state index in [1.165, 1.54) is 0 Å². The Kier molecular flexibility index (Phi) is 7.87. The summed E-state index contributed by atoms with van der Waals surface area (Å²) >= 11 is 1.73. The van der Waals surface area contributed by atoms with E-state index in [1.807, 2.05) is 103 Å². The van der Waals surface area contributed by atoms with Crippen LogP contribution in [0.1, 0.15) is 0 Å². The Morgan fingerprint density at radius 2 is 1.17 bits per heavy atom. The number of nitrogens with one attached hydrogen (secondary N) is 1. The van der Waals surface area contributed by atoms with Crippen LogP contribution in [0.3, 0.4) is 0 Å². The van der Waals surface area contributed by atoms with Gasteiger partial charge in [0.05, 0.1) is 45.2 Å². The quantitative estimate of drug-likeness (QED) is 0.176. The number of nitrogens with zero attached hydrogens (tertiary/aromatic N) is 7. The zero-order valence-corrected chi connectivity index (χ0v) is 34.0. The van der Waals surface area contributed by atoms with Crippen LogP contribution in [0.2, 0.25) is 0 Å². The van der Waals surface area contributed by atoms with Crippen molar-refractivity contribution in [3.8, 4) is 66.8 Å². The first-order valence-corrected chi connectivity index (χ1v) is 21.4. The lowest BCUT2D eigenvalue weighted by Gasteiger charge is -2.26. The van der Waals surface area contributed by atoms with Gasteiger partial charge in [-0.2, -0.15) is 0 Å². The lowest BCUT2D eigenvalue weighted by atomic mass is 9.79. The molecular weight excluding hydrogens is 797 g/mol. The minimum atomic E-state index is 0.503. The molecule has 13 rings (SSSR count). The number of fused-ring (bicyclic) bond motifs is 6. The van der Waals surface area contributed by atoms with Crippen LogP contribution in [0.15, 0.2) is 181 Å². The summed E-state index contributed by atoms with van der Waals surface area (Å²) in [5.41, 5.74) is 12.5. The van der Waals surface area contributed by atoms with Crippen molar-refractivity contribution in [1.29, 1.82) is 0 Å². The van der Waals surface area contributed by atoms with Gasteiger partial charge in [0.15, 0.2) is 5.82 Å². The minimum Gasteiger partial charge on any atom is -0.456 e. The van der Waals surface area contributed by atoms with Crippen LogP contribution in [0.4, 0.5) is 0 Å². The number of aromatic amines is 1. The predicted molar refractivity (Wildman–Crippen MR) is 253 cm³/mol. The molecule has 0 aliphatic rings. The fraction of sp³-hybridized carbons (Fsp3) is 0. The molecule has 0 saturated heterocycles. The fourth-order valence-electron chi connectivity index (χ4n) is 8.91. The molecule has 13 aromatic rings. The summed E-state index contributed by atoms with van der Waals surface area (Å²) in [6.07, 6.45) is 3.75. The number of furan rings is 1. The molecule has 6 aromatic heterocycles. The molecular formula is C53H30N8OS. The summed E-state index contributed by atoms with van der Waals surface area (Å²) in [6.45, 7) is 0. The second-order valence-electron chi connectivity index (χ2n) is 15.4. The molecule has 10 heteroatoms. The van der Waals surface area contributed by atoms with Gasteiger partial charge in [0.1, 0.15) is 16.9 Å². The molecule has 0 spiro atoms. The second-order valence-corrected chi connectivity index (χ2v) is 16.5. The predicted octanol–water partition coefficient (Wildman–Crippen LogP) is 13.4. The molecule has 0 radical (unpaired) electrons. The SMILES string of the molecule is c1ccc2nc(-c3c(-c4cc5ccccc5s4)c(-c4cc5ccccc5o4)c(-c4ncc5ccccc5n4)c(-c4cnc5ccccc5n4)c3-c3cccc4[nH]nnc34)ccc2c1. The highest BCUT2D eigenvalue weighted by Crippen LogP contribution is 2.57. The third-order valence-corrected chi connectivity index (χ3v) is 12.9. The van der Waals surface area contributed by atoms with Gasteiger partial charge in [0.2, 0.25) is 0 Å². The zero-order chi connectivity index (χ0) is 41.4. The van der Waals surface area contributed by atoms with E-state index >= 15 is 0 Å². The van der Waals surface area contributed by atoms with Crippen LogP contribution in [-0.4, -0.2) is 40.3 Å². The zero-order valence-electron chi connectivity index (χ0n) is 33.2. The van der Waals surface area contributed by atoms with Gasteiger partial charge in [-0.25, -0.2) is 19.9 Å². The van der Waals surface area contributed by atoms with Crippen molar-refractivity contribution in [3.05, 3.63) is 176 Å². The smallest absolute Gasteiger partial charge is 0.161 e. The highest BCUT2D eigenvalue weighted by atomic mass is 32.1. The van der Waals surface area contributed by atoms with Gasteiger partial charge in [-0.05, 0) is 66.0 Å². The highest BCUT2D eigenvalue weighted by Gasteiger charge is 2.34. The average Bonchev–Trinajstić information content (AvgIpc) is 4.12. The molecule has 0 bridgehead atoms. The molecule has 0 atom stereocenters. The third-order valence-electron chi connectivity index (χ3n) is 11.7. The van der Waals surface area contributed by atoms with Crippen LogP contribution < -0.4 is 0 Å². The van der Waals surface area contributed by atoms with Crippen molar-refractivity contribution >= 4 is 76.3 Å². The Bertz CT molecular complexity index is 3900. The maximum absolute atomic E-state index is 7.03. The first kappa shape index (κ1) is 35.3. The van der Waals surface area contributed by atoms with E-state index in [0.717, 1.165) is 109 Å². The van der Waals surface area contributed by atoms with Gasteiger partial charge in [-0.15, -0.1) is 16.4 Å². The molecule has 7 aromatic carbocycles. The molecule has 1 N–H and O–H groups in total. The van der Waals surface area contributed by atoms with Gasteiger partial charge in [0, 0.05) is 70.9 Å². The Hall–Kier alpha value is -8.47. The summed E-state index contributed by atoms with van der Waals surface area (Å²) in [5.74, 6) is 1.15. The number of hydrogen-bond donors (Lipinski definition) is 1. The standard InChI is InChI=1S/C53H30N8OS/c1-5-17-35-30(12-1)24-25-39(56-35)47-46(34-16-11-21-40-52(34)60-61-59-40)48(41-29-54-37-19-7-8-20-38(37)57-41)51(53-55-28-33-15-2-6-18-36(33)58-53)49(43-26-31-13-3-9-22-42(31)62-43)50(47)45-27-32-14-4-10-23-44(32)63-45/h1-29H,(H,59,60,61). The van der Waals surface area contributed by atoms with E-state index < -0.39 is 0 Å². The largest absolute Gasteiger partial charge is 0.456 e. The first-order valence-electron chi connectivity index (χ1n) is 20.5. The summed E-state index contributed by atoms with van der Waals surface area (Å²) < 4.78 is 8.18. The van der Waals surface area contributed by atoms with E-state index in [4.69, 9.17) is 34.4 Å². The number of hydrogen-bond acceptors (Lipinski definition) is 9. The maximum atomic E-state index is 7.03. The average molecular weight is 827 g/mol. The molecule has 9 nitrogen and oxygen atoms in total. The van der Waals surface area contributed by atoms with Crippen LogP contribution in [0, 0.1) is 0 Å². The Morgan fingerprint density at radius 1 is 0.460 bits per heavy atom. The number of aromatic nitrogens is 8. The van der Waals surface area contributed by atoms with Crippen molar-refractivity contribution in [1.82, 2.24) is 40.3 Å². The third kappa shape index (κ3) is 5.73. The normalized spacial score (nSPS) is 11.8. The van der Waals surface area contributed by atoms with Gasteiger partial charge in [-0.3, -0.25) is 10.1 Å². The van der Waals surface area contributed by atoms with E-state index in [9.17, 15) is 0 Å². The monoisotopic (exact) mass is 826 g/mol. The summed E-state index contributed by atoms with van der Waals surface area (Å²) in [7, 11) is 0. The van der Waals surface area contributed by atoms with Crippen molar-refractivity contribution in [2.45, 2.75) is 0 Å². The molecule has 0 aliphatic carbocycles. The van der Waals surface area contributed by atoms with Crippen molar-refractivity contribution in [2.24, 2.45) is 0 Å². The fourth-order valence-corrected chi connectivity index (χ4v) is 10.0. The molecule has 294 valence electrons. The number of thiophene rings is 1. The first-order chi connectivity index (χ1) is 31.2. The highest BCUT2D eigenvalue weighted by molar-refractivity contribution is 7.22. The van der Waals surface area contributed by atoms with Crippen LogP contribution in [0.25, 0.3) is 132 Å². The van der Waals surface area contributed by atoms with E-state index in [2.05, 4.69) is 83.1 Å². The molecule has 6 heterocycles. The summed E-state index contributed by atoms with van der Waals surface area (Å²) in [6, 6.07) is 55.6. The Balaban J connectivity index is 1.33. The molecule has 0 aliphatic heterocycles. The lowest BCUT2D eigenvalue weighted by Crippen LogP contribution is -2.05. The van der Waals surface area contributed by atoms with Gasteiger partial charge >= 0.3 is 0 Å². The van der Waals surface area contributed by atoms with E-state index in [1.54, 1.807) is 11.3 Å². The van der Waals surface area contributed by atoms with E-state index in [0.29, 0.717) is 22.8 Å². The number of H-pyrrole nitrogens is 1. The minimum absolute atomic E-state index is 0.503. The second kappa shape index (κ2) is 14.1. The number of para-hydroxylation sites is 5. The van der Waals surface area contributed by atoms with Gasteiger partial charge in [-0.1, -0.05) is 108 Å². The Morgan fingerprint density at radius 3 is 2.03 bits per heavy atom. The topological polar surface area (TPSA) is 119 Å². The van der Waals surface area contributed by atoms with Crippen LogP contribution in [-0.2, 0) is 0 Å². The number of pyridine rings is 1. The molecule has 0 unspecified atom stereocenters. The van der Waals surface area contributed by atoms with Crippen molar-refractivity contribution < 1.29 is 4.42 Å². The maximum Gasteiger partial charge on any atom is 0.161 e. The van der Waals surface area contributed by atoms with Gasteiger partial charge < -0.3 is 4.42 Å². The van der Waals surface area contributed by atoms with E-state index in [-0.39, 0.29) is 0 Å². The Labute approximate surface area is 362 Å². The molecule has 63 heavy (non-hydrogen) atoms. The van der Waals surface area contributed by atoms with Crippen molar-refractivity contribution in [3.63, 3.8) is 0 Å². The molecule has 0 fully saturated rings. The van der Waals surface area contributed by atoms with Gasteiger partial charge in [0.25, 0.3) is 0 Å². The molecule has 0 saturated carbocycles. The number of rotatable bonds is 6. The van der Waals surface area contributed by atoms with Crippen LogP contribution >= 0.6 is 11.3 Å². The van der Waals surface area contributed by atoms with Crippen LogP contribution in [0.5, 0.6) is 0 Å². The number of benzene rings is 7. The summed E-state index contributed by atoms with van der Waals surface area (Å²) in [4.78, 5) is 27.6.